The van der Waals surface area contributed by atoms with Gasteiger partial charge in [-0.2, -0.15) is 0 Å². The number of alkyl halides is 2. The SMILES string of the molecule is C=CC1N=C(C(F)F)N(C2C[C@H]2C)[C@H]1CC. The predicted octanol–water partition coefficient (Wildman–Crippen LogP) is 2.71. The van der Waals surface area contributed by atoms with E-state index in [9.17, 15) is 8.78 Å². The Morgan fingerprint density at radius 3 is 2.62 bits per heavy atom. The van der Waals surface area contributed by atoms with Crippen LogP contribution in [0.1, 0.15) is 26.7 Å². The van der Waals surface area contributed by atoms with E-state index >= 15 is 0 Å². The summed E-state index contributed by atoms with van der Waals surface area (Å²) in [4.78, 5) is 5.96. The van der Waals surface area contributed by atoms with Crippen LogP contribution in [0.4, 0.5) is 8.78 Å². The van der Waals surface area contributed by atoms with Crippen LogP contribution in [0.5, 0.6) is 0 Å². The van der Waals surface area contributed by atoms with Gasteiger partial charge in [0.15, 0.2) is 5.84 Å². The molecule has 16 heavy (non-hydrogen) atoms. The van der Waals surface area contributed by atoms with Crippen molar-refractivity contribution in [2.75, 3.05) is 0 Å². The van der Waals surface area contributed by atoms with Crippen molar-refractivity contribution in [3.63, 3.8) is 0 Å². The van der Waals surface area contributed by atoms with Gasteiger partial charge in [0.25, 0.3) is 6.43 Å². The lowest BCUT2D eigenvalue weighted by Gasteiger charge is -2.29. The molecule has 0 radical (unpaired) electrons. The van der Waals surface area contributed by atoms with Crippen LogP contribution in [0, 0.1) is 5.92 Å². The van der Waals surface area contributed by atoms with Crippen LogP contribution in [-0.2, 0) is 0 Å². The molecule has 0 saturated heterocycles. The summed E-state index contributed by atoms with van der Waals surface area (Å²) >= 11 is 0. The third-order valence-corrected chi connectivity index (χ3v) is 3.58. The van der Waals surface area contributed by atoms with E-state index in [0.717, 1.165) is 12.8 Å². The first-order chi connectivity index (χ1) is 7.60. The van der Waals surface area contributed by atoms with Gasteiger partial charge in [-0.05, 0) is 18.8 Å². The van der Waals surface area contributed by atoms with E-state index in [-0.39, 0.29) is 24.0 Å². The Kier molecular flexibility index (Phi) is 3.00. The molecule has 1 saturated carbocycles. The van der Waals surface area contributed by atoms with Crippen molar-refractivity contribution in [1.29, 1.82) is 0 Å². The number of rotatable bonds is 4. The highest BCUT2D eigenvalue weighted by Gasteiger charge is 2.48. The molecule has 90 valence electrons. The molecule has 1 aliphatic carbocycles. The fourth-order valence-electron chi connectivity index (χ4n) is 2.56. The van der Waals surface area contributed by atoms with E-state index in [0.29, 0.717) is 5.92 Å². The van der Waals surface area contributed by atoms with Crippen LogP contribution >= 0.6 is 0 Å². The fourth-order valence-corrected chi connectivity index (χ4v) is 2.56. The van der Waals surface area contributed by atoms with E-state index < -0.39 is 6.43 Å². The minimum absolute atomic E-state index is 0.0221. The lowest BCUT2D eigenvalue weighted by atomic mass is 10.1. The molecular formula is C12H18F2N2. The zero-order valence-electron chi connectivity index (χ0n) is 9.74. The summed E-state index contributed by atoms with van der Waals surface area (Å²) in [5.74, 6) is 0.493. The molecule has 2 aliphatic rings. The summed E-state index contributed by atoms with van der Waals surface area (Å²) in [5, 5.41) is 0. The molecule has 0 aromatic heterocycles. The number of hydrogen-bond donors (Lipinski definition) is 0. The normalized spacial score (nSPS) is 37.8. The van der Waals surface area contributed by atoms with E-state index in [1.165, 1.54) is 0 Å². The molecule has 1 heterocycles. The third kappa shape index (κ3) is 1.74. The Bertz CT molecular complexity index is 314. The monoisotopic (exact) mass is 228 g/mol. The van der Waals surface area contributed by atoms with Gasteiger partial charge in [0.05, 0.1) is 12.1 Å². The maximum Gasteiger partial charge on any atom is 0.294 e. The lowest BCUT2D eigenvalue weighted by Crippen LogP contribution is -2.43. The molecule has 1 aliphatic heterocycles. The molecule has 2 rings (SSSR count). The molecule has 4 heteroatoms. The average Bonchev–Trinajstić information content (AvgIpc) is 2.84. The van der Waals surface area contributed by atoms with Crippen LogP contribution in [0.3, 0.4) is 0 Å². The van der Waals surface area contributed by atoms with Crippen LogP contribution < -0.4 is 0 Å². The van der Waals surface area contributed by atoms with Crippen LogP contribution in [0.15, 0.2) is 17.6 Å². The number of nitrogens with zero attached hydrogens (tertiary/aromatic N) is 2. The number of amidine groups is 1. The molecule has 0 bridgehead atoms. The Morgan fingerprint density at radius 1 is 1.62 bits per heavy atom. The molecule has 0 spiro atoms. The van der Waals surface area contributed by atoms with E-state index in [4.69, 9.17) is 0 Å². The summed E-state index contributed by atoms with van der Waals surface area (Å²) in [7, 11) is 0. The summed E-state index contributed by atoms with van der Waals surface area (Å²) in [6.07, 6.45) is 1.06. The Labute approximate surface area is 95.0 Å². The molecule has 2 unspecified atom stereocenters. The highest BCUT2D eigenvalue weighted by atomic mass is 19.3. The van der Waals surface area contributed by atoms with Crippen LogP contribution in [0.25, 0.3) is 0 Å². The van der Waals surface area contributed by atoms with Gasteiger partial charge in [-0.3, -0.25) is 4.99 Å². The summed E-state index contributed by atoms with van der Waals surface area (Å²) < 4.78 is 25.8. The van der Waals surface area contributed by atoms with Crippen molar-refractivity contribution in [3.05, 3.63) is 12.7 Å². The lowest BCUT2D eigenvalue weighted by molar-refractivity contribution is 0.189. The maximum atomic E-state index is 12.9. The van der Waals surface area contributed by atoms with Gasteiger partial charge in [0.2, 0.25) is 0 Å². The highest BCUT2D eigenvalue weighted by molar-refractivity contribution is 5.88. The second-order valence-corrected chi connectivity index (χ2v) is 4.68. The summed E-state index contributed by atoms with van der Waals surface area (Å²) in [6.45, 7) is 7.81. The van der Waals surface area contributed by atoms with Gasteiger partial charge in [0.1, 0.15) is 0 Å². The van der Waals surface area contributed by atoms with Gasteiger partial charge in [-0.15, -0.1) is 6.58 Å². The number of halogens is 2. The third-order valence-electron chi connectivity index (χ3n) is 3.58. The van der Waals surface area contributed by atoms with Gasteiger partial charge in [-0.1, -0.05) is 19.9 Å². The fraction of sp³-hybridized carbons (Fsp3) is 0.750. The summed E-state index contributed by atoms with van der Waals surface area (Å²) in [6, 6.07) is 0.181. The number of aliphatic imine (C=N–C) groups is 1. The van der Waals surface area contributed by atoms with Crippen molar-refractivity contribution in [1.82, 2.24) is 4.90 Å². The Balaban J connectivity index is 2.23. The van der Waals surface area contributed by atoms with Crippen molar-refractivity contribution >= 4 is 5.84 Å². The molecule has 1 fully saturated rings. The average molecular weight is 228 g/mol. The quantitative estimate of drug-likeness (QED) is 0.675. The summed E-state index contributed by atoms with van der Waals surface area (Å²) in [5.41, 5.74) is 0. The second-order valence-electron chi connectivity index (χ2n) is 4.68. The first kappa shape index (κ1) is 11.6. The minimum Gasteiger partial charge on any atom is -0.347 e. The van der Waals surface area contributed by atoms with Gasteiger partial charge in [-0.25, -0.2) is 8.78 Å². The van der Waals surface area contributed by atoms with Crippen molar-refractivity contribution in [3.8, 4) is 0 Å². The first-order valence-corrected chi connectivity index (χ1v) is 5.86. The molecule has 4 atom stereocenters. The Hall–Kier alpha value is -0.930. The molecule has 0 aromatic rings. The van der Waals surface area contributed by atoms with Crippen molar-refractivity contribution in [2.45, 2.75) is 51.2 Å². The minimum atomic E-state index is -2.47. The molecule has 2 nitrogen and oxygen atoms in total. The van der Waals surface area contributed by atoms with E-state index in [1.807, 2.05) is 11.8 Å². The smallest absolute Gasteiger partial charge is 0.294 e. The predicted molar refractivity (Wildman–Crippen MR) is 60.9 cm³/mol. The van der Waals surface area contributed by atoms with Crippen molar-refractivity contribution in [2.24, 2.45) is 10.9 Å². The molecule has 0 amide bonds. The topological polar surface area (TPSA) is 15.6 Å². The maximum absolute atomic E-state index is 12.9. The molecule has 0 N–H and O–H groups in total. The van der Waals surface area contributed by atoms with Gasteiger partial charge in [0, 0.05) is 6.04 Å². The first-order valence-electron chi connectivity index (χ1n) is 5.86. The van der Waals surface area contributed by atoms with Gasteiger partial charge < -0.3 is 4.90 Å². The second kappa shape index (κ2) is 4.15. The van der Waals surface area contributed by atoms with Gasteiger partial charge >= 0.3 is 0 Å². The zero-order chi connectivity index (χ0) is 11.9. The van der Waals surface area contributed by atoms with Crippen LogP contribution in [-0.4, -0.2) is 35.3 Å². The van der Waals surface area contributed by atoms with E-state index in [2.05, 4.69) is 18.5 Å². The van der Waals surface area contributed by atoms with E-state index in [1.54, 1.807) is 6.08 Å². The molecular weight excluding hydrogens is 210 g/mol. The highest BCUT2D eigenvalue weighted by Crippen LogP contribution is 2.41. The largest absolute Gasteiger partial charge is 0.347 e. The van der Waals surface area contributed by atoms with Crippen molar-refractivity contribution < 1.29 is 8.78 Å². The standard InChI is InChI=1S/C12H18F2N2/c1-4-8-9(5-2)16(10-6-7(10)3)12(15-8)11(13)14/h4,7-11H,1,5-6H2,2-3H3/t7-,8?,9+,10?/m1/s1. The van der Waals surface area contributed by atoms with Crippen LogP contribution in [0.2, 0.25) is 0 Å². The molecule has 0 aromatic carbocycles. The zero-order valence-corrected chi connectivity index (χ0v) is 9.74. The Morgan fingerprint density at radius 2 is 2.25 bits per heavy atom. The number of hydrogen-bond acceptors (Lipinski definition) is 2.